The largest absolute Gasteiger partial charge is 0.457 e. The summed E-state index contributed by atoms with van der Waals surface area (Å²) in [4.78, 5) is 23.8. The first kappa shape index (κ1) is 29.7. The van der Waals surface area contributed by atoms with E-state index in [0.717, 1.165) is 12.8 Å². The van der Waals surface area contributed by atoms with Gasteiger partial charge >= 0.3 is 0 Å². The van der Waals surface area contributed by atoms with Gasteiger partial charge in [-0.2, -0.15) is 10.4 Å². The number of aromatic nitrogens is 4. The van der Waals surface area contributed by atoms with E-state index in [1.165, 1.54) is 12.4 Å². The third kappa shape index (κ3) is 6.49. The molecule has 0 radical (unpaired) electrons. The number of ether oxygens (including phenoxy) is 1. The maximum Gasteiger partial charge on any atom is 0.264 e. The van der Waals surface area contributed by atoms with Crippen LogP contribution in [0.15, 0.2) is 66.5 Å². The lowest BCUT2D eigenvalue weighted by Gasteiger charge is -2.28. The van der Waals surface area contributed by atoms with E-state index in [0.29, 0.717) is 41.3 Å². The van der Waals surface area contributed by atoms with Crippen LogP contribution >= 0.6 is 0 Å². The van der Waals surface area contributed by atoms with Crippen LogP contribution in [0.1, 0.15) is 40.5 Å². The number of halogens is 1. The highest BCUT2D eigenvalue weighted by Crippen LogP contribution is 2.35. The monoisotopic (exact) mass is 582 g/mol. The average Bonchev–Trinajstić information content (AvgIpc) is 3.57. The Morgan fingerprint density at radius 2 is 2.00 bits per heavy atom. The second kappa shape index (κ2) is 12.2. The highest BCUT2D eigenvalue weighted by Gasteiger charge is 2.33. The molecule has 10 nitrogen and oxygen atoms in total. The molecule has 5 rings (SSSR count). The Kier molecular flexibility index (Phi) is 8.41. The third-order valence-electron chi connectivity index (χ3n) is 7.27. The maximum absolute atomic E-state index is 15.5. The summed E-state index contributed by atoms with van der Waals surface area (Å²) in [5, 5.41) is 18.4. The van der Waals surface area contributed by atoms with E-state index in [4.69, 9.17) is 15.6 Å². The molecule has 3 heterocycles. The number of carbonyl (C=O) groups excluding carboxylic acids is 1. The fraction of sp³-hybridized carbons (Fsp3) is 0.344. The summed E-state index contributed by atoms with van der Waals surface area (Å²) in [6, 6.07) is 15.7. The topological polar surface area (TPSA) is 135 Å². The minimum atomic E-state index is -0.544. The summed E-state index contributed by atoms with van der Waals surface area (Å²) in [5.74, 6) is 0.238. The van der Waals surface area contributed by atoms with E-state index < -0.39 is 11.4 Å². The molecule has 0 aliphatic carbocycles. The molecule has 222 valence electrons. The number of benzene rings is 2. The van der Waals surface area contributed by atoms with Gasteiger partial charge in [-0.25, -0.2) is 19.0 Å². The van der Waals surface area contributed by atoms with Gasteiger partial charge in [0.15, 0.2) is 5.65 Å². The number of anilines is 1. The van der Waals surface area contributed by atoms with Crippen molar-refractivity contribution in [1.82, 2.24) is 30.0 Å². The van der Waals surface area contributed by atoms with Crippen LogP contribution in [0.2, 0.25) is 0 Å². The number of para-hydroxylation sites is 1. The van der Waals surface area contributed by atoms with Crippen LogP contribution in [0, 0.1) is 17.1 Å². The highest BCUT2D eigenvalue weighted by atomic mass is 19.1. The van der Waals surface area contributed by atoms with Gasteiger partial charge in [-0.15, -0.1) is 0 Å². The fourth-order valence-electron chi connectivity index (χ4n) is 5.66. The lowest BCUT2D eigenvalue weighted by molar-refractivity contribution is -0.127. The van der Waals surface area contributed by atoms with Crippen molar-refractivity contribution in [2.75, 3.05) is 12.3 Å². The summed E-state index contributed by atoms with van der Waals surface area (Å²) in [6.45, 7) is 8.69. The molecule has 43 heavy (non-hydrogen) atoms. The maximum atomic E-state index is 15.5. The minimum absolute atomic E-state index is 0.0857. The number of carbonyl (C=O) groups is 1. The quantitative estimate of drug-likeness (QED) is 0.203. The molecule has 1 fully saturated rings. The number of nitrogens with two attached hydrogens (primary N) is 1. The van der Waals surface area contributed by atoms with E-state index in [-0.39, 0.29) is 34.9 Å². The molecule has 0 unspecified atom stereocenters. The van der Waals surface area contributed by atoms with Crippen LogP contribution < -0.4 is 15.8 Å². The van der Waals surface area contributed by atoms with Gasteiger partial charge in [-0.1, -0.05) is 32.0 Å². The molecule has 1 atom stereocenters. The van der Waals surface area contributed by atoms with E-state index in [1.54, 1.807) is 39.9 Å². The van der Waals surface area contributed by atoms with Crippen molar-refractivity contribution in [2.45, 2.75) is 64.7 Å². The summed E-state index contributed by atoms with van der Waals surface area (Å²) < 4.78 is 22.9. The number of likely N-dealkylation sites (tertiary alicyclic amines) is 1. The Morgan fingerprint density at radius 3 is 2.70 bits per heavy atom. The smallest absolute Gasteiger partial charge is 0.264 e. The van der Waals surface area contributed by atoms with Crippen molar-refractivity contribution in [2.24, 2.45) is 0 Å². The van der Waals surface area contributed by atoms with Crippen LogP contribution in [0.25, 0.3) is 22.3 Å². The van der Waals surface area contributed by atoms with Gasteiger partial charge in [-0.05, 0) is 57.0 Å². The molecule has 1 saturated heterocycles. The van der Waals surface area contributed by atoms with Crippen molar-refractivity contribution >= 4 is 22.8 Å². The number of amides is 1. The van der Waals surface area contributed by atoms with Crippen molar-refractivity contribution in [3.8, 4) is 28.8 Å². The van der Waals surface area contributed by atoms with Gasteiger partial charge < -0.3 is 20.7 Å². The number of nitrogens with one attached hydrogen (secondary N) is 1. The van der Waals surface area contributed by atoms with Crippen LogP contribution in [0.3, 0.4) is 0 Å². The van der Waals surface area contributed by atoms with Crippen molar-refractivity contribution in [3.05, 3.63) is 72.3 Å². The van der Waals surface area contributed by atoms with Gasteiger partial charge in [0.05, 0.1) is 18.0 Å². The van der Waals surface area contributed by atoms with Crippen LogP contribution in [-0.2, 0) is 11.3 Å². The zero-order chi connectivity index (χ0) is 30.7. The lowest BCUT2D eigenvalue weighted by atomic mass is 9.99. The Labute approximate surface area is 250 Å². The zero-order valence-electron chi connectivity index (χ0n) is 24.7. The predicted octanol–water partition coefficient (Wildman–Crippen LogP) is 5.22. The molecule has 2 aromatic carbocycles. The first-order valence-corrected chi connectivity index (χ1v) is 14.3. The standard InChI is InChI=1S/C32H35FN8O2/c1-20(2)38-32(3,4)16-21(17-34)31(42)40-14-8-9-22(40)18-41-30-27(29(35)36-19-37-30)28(39-41)25-13-12-24(15-26(25)33)43-23-10-6-5-7-11-23/h5-7,10-13,15-16,19-20,22,38H,8-9,14,18H2,1-4H3,(H2,35,36,37)/b21-16-/t22-/m1/s1. The first-order chi connectivity index (χ1) is 20.6. The van der Waals surface area contributed by atoms with Gasteiger partial charge in [-0.3, -0.25) is 4.79 Å². The summed E-state index contributed by atoms with van der Waals surface area (Å²) in [6.07, 6.45) is 4.53. The number of nitrogens with zero attached hydrogens (tertiary/aromatic N) is 6. The van der Waals surface area contributed by atoms with Gasteiger partial charge in [0.2, 0.25) is 0 Å². The molecular weight excluding hydrogens is 547 g/mol. The normalized spacial score (nSPS) is 15.7. The number of hydrogen-bond acceptors (Lipinski definition) is 8. The first-order valence-electron chi connectivity index (χ1n) is 14.3. The second-order valence-corrected chi connectivity index (χ2v) is 11.5. The molecule has 4 aromatic rings. The minimum Gasteiger partial charge on any atom is -0.457 e. The zero-order valence-corrected chi connectivity index (χ0v) is 24.7. The number of nitrogen functional groups attached to an aromatic ring is 1. The van der Waals surface area contributed by atoms with Crippen LogP contribution in [0.4, 0.5) is 10.2 Å². The van der Waals surface area contributed by atoms with Crippen molar-refractivity contribution in [1.29, 1.82) is 5.26 Å². The van der Waals surface area contributed by atoms with E-state index in [2.05, 4.69) is 21.4 Å². The molecule has 0 saturated carbocycles. The summed E-state index contributed by atoms with van der Waals surface area (Å²) in [7, 11) is 0. The molecule has 1 aliphatic rings. The van der Waals surface area contributed by atoms with E-state index in [9.17, 15) is 10.1 Å². The third-order valence-corrected chi connectivity index (χ3v) is 7.27. The number of hydrogen-bond donors (Lipinski definition) is 2. The molecule has 2 aromatic heterocycles. The summed E-state index contributed by atoms with van der Waals surface area (Å²) >= 11 is 0. The molecule has 11 heteroatoms. The predicted molar refractivity (Wildman–Crippen MR) is 162 cm³/mol. The van der Waals surface area contributed by atoms with E-state index >= 15 is 4.39 Å². The Hall–Kier alpha value is -4.82. The number of fused-ring (bicyclic) bond motifs is 1. The Morgan fingerprint density at radius 1 is 1.23 bits per heavy atom. The number of nitriles is 1. The Balaban J connectivity index is 1.45. The molecule has 0 spiro atoms. The van der Waals surface area contributed by atoms with Crippen LogP contribution in [-0.4, -0.2) is 54.7 Å². The molecular formula is C32H35FN8O2. The van der Waals surface area contributed by atoms with Crippen molar-refractivity contribution in [3.63, 3.8) is 0 Å². The van der Waals surface area contributed by atoms with Crippen molar-refractivity contribution < 1.29 is 13.9 Å². The Bertz CT molecular complexity index is 1710. The fourth-order valence-corrected chi connectivity index (χ4v) is 5.66. The number of rotatable bonds is 9. The van der Waals surface area contributed by atoms with Gasteiger partial charge in [0.25, 0.3) is 5.91 Å². The molecule has 1 aliphatic heterocycles. The second-order valence-electron chi connectivity index (χ2n) is 11.5. The SMILES string of the molecule is CC(C)NC(C)(C)/C=C(/C#N)C(=O)N1CCC[C@@H]1Cn1nc(-c2ccc(Oc3ccccc3)cc2F)c2c(N)ncnc21. The van der Waals surface area contributed by atoms with Gasteiger partial charge in [0, 0.05) is 29.8 Å². The lowest BCUT2D eigenvalue weighted by Crippen LogP contribution is -2.44. The summed E-state index contributed by atoms with van der Waals surface area (Å²) in [5.41, 5.74) is 6.75. The van der Waals surface area contributed by atoms with E-state index in [1.807, 2.05) is 45.9 Å². The molecule has 1 amide bonds. The highest BCUT2D eigenvalue weighted by molar-refractivity contribution is 5.99. The molecule has 0 bridgehead atoms. The average molecular weight is 583 g/mol. The molecule has 3 N–H and O–H groups in total. The van der Waals surface area contributed by atoms with Gasteiger partial charge in [0.1, 0.15) is 46.8 Å². The van der Waals surface area contributed by atoms with Crippen LogP contribution in [0.5, 0.6) is 11.5 Å².